The summed E-state index contributed by atoms with van der Waals surface area (Å²) < 4.78 is 42.5. The SMILES string of the molecule is CC(C)CN([C@H](CO)CCCCNC(=O)CN(Cc1ccccc1F)c1ccccc1)S(=O)(=O)c1ccc(N)cc1. The van der Waals surface area contributed by atoms with Crippen LogP contribution in [0.3, 0.4) is 0 Å². The first-order valence-corrected chi connectivity index (χ1v) is 15.3. The number of nitrogens with two attached hydrogens (primary N) is 1. The minimum atomic E-state index is -3.83. The van der Waals surface area contributed by atoms with Crippen molar-refractivity contribution in [2.24, 2.45) is 5.92 Å². The molecule has 0 unspecified atom stereocenters. The van der Waals surface area contributed by atoms with Gasteiger partial charge in [-0.15, -0.1) is 0 Å². The number of benzene rings is 3. The normalized spacial score (nSPS) is 12.4. The van der Waals surface area contributed by atoms with Gasteiger partial charge in [-0.25, -0.2) is 12.8 Å². The Morgan fingerprint density at radius 2 is 1.63 bits per heavy atom. The Kier molecular flexibility index (Phi) is 12.1. The molecule has 8 nitrogen and oxygen atoms in total. The highest BCUT2D eigenvalue weighted by atomic mass is 32.2. The van der Waals surface area contributed by atoms with Crippen molar-refractivity contribution in [3.05, 3.63) is 90.2 Å². The summed E-state index contributed by atoms with van der Waals surface area (Å²) in [5.74, 6) is -0.461. The quantitative estimate of drug-likeness (QED) is 0.170. The molecule has 0 aromatic heterocycles. The molecule has 0 radical (unpaired) electrons. The third kappa shape index (κ3) is 9.55. The molecule has 3 aromatic rings. The Labute approximate surface area is 243 Å². The van der Waals surface area contributed by atoms with E-state index >= 15 is 0 Å². The van der Waals surface area contributed by atoms with Crippen LogP contribution in [0.2, 0.25) is 0 Å². The average Bonchev–Trinajstić information content (AvgIpc) is 2.95. The van der Waals surface area contributed by atoms with Gasteiger partial charge in [-0.05, 0) is 61.2 Å². The number of hydrogen-bond acceptors (Lipinski definition) is 6. The van der Waals surface area contributed by atoms with Gasteiger partial charge in [0.05, 0.1) is 18.0 Å². The van der Waals surface area contributed by atoms with E-state index in [1.54, 1.807) is 30.3 Å². The van der Waals surface area contributed by atoms with Crippen LogP contribution in [-0.4, -0.2) is 56.0 Å². The number of hydrogen-bond donors (Lipinski definition) is 3. The maximum Gasteiger partial charge on any atom is 0.243 e. The molecule has 3 rings (SSSR count). The third-order valence-corrected chi connectivity index (χ3v) is 8.64. The molecule has 41 heavy (non-hydrogen) atoms. The fourth-order valence-corrected chi connectivity index (χ4v) is 6.39. The maximum absolute atomic E-state index is 14.3. The zero-order chi connectivity index (χ0) is 29.8. The lowest BCUT2D eigenvalue weighted by molar-refractivity contribution is -0.119. The number of nitrogens with zero attached hydrogens (tertiary/aromatic N) is 2. The molecule has 0 aliphatic carbocycles. The van der Waals surface area contributed by atoms with E-state index in [-0.39, 0.29) is 48.8 Å². The van der Waals surface area contributed by atoms with Crippen molar-refractivity contribution in [1.82, 2.24) is 9.62 Å². The zero-order valence-electron chi connectivity index (χ0n) is 23.7. The Bertz CT molecular complexity index is 1340. The van der Waals surface area contributed by atoms with E-state index in [2.05, 4.69) is 5.32 Å². The van der Waals surface area contributed by atoms with Gasteiger partial charge in [0, 0.05) is 42.6 Å². The smallest absolute Gasteiger partial charge is 0.243 e. The molecule has 0 fully saturated rings. The number of rotatable bonds is 16. The molecule has 10 heteroatoms. The van der Waals surface area contributed by atoms with Crippen molar-refractivity contribution in [2.75, 3.05) is 36.9 Å². The van der Waals surface area contributed by atoms with E-state index in [1.807, 2.05) is 49.1 Å². The minimum Gasteiger partial charge on any atom is -0.399 e. The number of unbranched alkanes of at least 4 members (excludes halogenated alkanes) is 1. The van der Waals surface area contributed by atoms with Crippen LogP contribution in [0.15, 0.2) is 83.8 Å². The van der Waals surface area contributed by atoms with Crippen LogP contribution in [0, 0.1) is 11.7 Å². The van der Waals surface area contributed by atoms with E-state index in [4.69, 9.17) is 5.73 Å². The minimum absolute atomic E-state index is 0.0552. The number of carbonyl (C=O) groups excluding carboxylic acids is 1. The molecule has 222 valence electrons. The Hall–Kier alpha value is -3.47. The highest BCUT2D eigenvalue weighted by Crippen LogP contribution is 2.23. The first kappa shape index (κ1) is 32.0. The molecule has 0 spiro atoms. The molecule has 0 saturated heterocycles. The summed E-state index contributed by atoms with van der Waals surface area (Å²) in [5.41, 5.74) is 7.51. The highest BCUT2D eigenvalue weighted by molar-refractivity contribution is 7.89. The van der Waals surface area contributed by atoms with Crippen molar-refractivity contribution in [3.8, 4) is 0 Å². The number of anilines is 2. The van der Waals surface area contributed by atoms with Crippen molar-refractivity contribution in [2.45, 2.75) is 50.6 Å². The predicted molar refractivity (Wildman–Crippen MR) is 161 cm³/mol. The number of para-hydroxylation sites is 1. The van der Waals surface area contributed by atoms with Gasteiger partial charge in [0.1, 0.15) is 5.82 Å². The van der Waals surface area contributed by atoms with E-state index in [0.29, 0.717) is 37.1 Å². The summed E-state index contributed by atoms with van der Waals surface area (Å²) in [7, 11) is -3.83. The summed E-state index contributed by atoms with van der Waals surface area (Å²) >= 11 is 0. The summed E-state index contributed by atoms with van der Waals surface area (Å²) in [6.07, 6.45) is 1.66. The third-order valence-electron chi connectivity index (χ3n) is 6.71. The van der Waals surface area contributed by atoms with Crippen LogP contribution in [0.1, 0.15) is 38.7 Å². The second kappa shape index (κ2) is 15.5. The lowest BCUT2D eigenvalue weighted by Crippen LogP contribution is -2.44. The molecule has 1 atom stereocenters. The summed E-state index contributed by atoms with van der Waals surface area (Å²) in [5, 5.41) is 13.0. The van der Waals surface area contributed by atoms with Gasteiger partial charge in [-0.2, -0.15) is 4.31 Å². The highest BCUT2D eigenvalue weighted by Gasteiger charge is 2.31. The molecule has 4 N–H and O–H groups in total. The summed E-state index contributed by atoms with van der Waals surface area (Å²) in [4.78, 5) is 14.8. The van der Waals surface area contributed by atoms with Crippen LogP contribution >= 0.6 is 0 Å². The fraction of sp³-hybridized carbons (Fsp3) is 0.387. The molecule has 0 bridgehead atoms. The van der Waals surface area contributed by atoms with Crippen LogP contribution < -0.4 is 16.0 Å². The summed E-state index contributed by atoms with van der Waals surface area (Å²) in [6, 6.07) is 21.4. The molecule has 0 saturated carbocycles. The number of aliphatic hydroxyl groups excluding tert-OH is 1. The van der Waals surface area contributed by atoms with Crippen LogP contribution in [0.5, 0.6) is 0 Å². The maximum atomic E-state index is 14.3. The number of nitrogens with one attached hydrogen (secondary N) is 1. The number of carbonyl (C=O) groups is 1. The van der Waals surface area contributed by atoms with Crippen molar-refractivity contribution >= 4 is 27.3 Å². The molecule has 0 aliphatic heterocycles. The second-order valence-corrected chi connectivity index (χ2v) is 12.4. The van der Waals surface area contributed by atoms with Gasteiger partial charge in [0.15, 0.2) is 0 Å². The predicted octanol–water partition coefficient (Wildman–Crippen LogP) is 4.41. The number of halogens is 1. The lowest BCUT2D eigenvalue weighted by Gasteiger charge is -2.31. The van der Waals surface area contributed by atoms with Gasteiger partial charge in [-0.1, -0.05) is 56.7 Å². The van der Waals surface area contributed by atoms with E-state index in [0.717, 1.165) is 5.69 Å². The topological polar surface area (TPSA) is 116 Å². The van der Waals surface area contributed by atoms with Gasteiger partial charge < -0.3 is 21.1 Å². The lowest BCUT2D eigenvalue weighted by atomic mass is 10.1. The monoisotopic (exact) mass is 584 g/mol. The number of sulfonamides is 1. The fourth-order valence-electron chi connectivity index (χ4n) is 4.58. The summed E-state index contributed by atoms with van der Waals surface area (Å²) in [6.45, 7) is 4.52. The van der Waals surface area contributed by atoms with Crippen molar-refractivity contribution in [1.29, 1.82) is 0 Å². The van der Waals surface area contributed by atoms with Gasteiger partial charge in [0.25, 0.3) is 0 Å². The largest absolute Gasteiger partial charge is 0.399 e. The number of amides is 1. The van der Waals surface area contributed by atoms with Gasteiger partial charge in [-0.3, -0.25) is 4.79 Å². The zero-order valence-corrected chi connectivity index (χ0v) is 24.6. The van der Waals surface area contributed by atoms with Crippen molar-refractivity contribution in [3.63, 3.8) is 0 Å². The van der Waals surface area contributed by atoms with E-state index in [1.165, 1.54) is 22.5 Å². The molecular formula is C31H41FN4O4S. The Balaban J connectivity index is 1.56. The number of nitrogen functional groups attached to an aromatic ring is 1. The van der Waals surface area contributed by atoms with E-state index in [9.17, 15) is 22.7 Å². The molecule has 0 heterocycles. The molecular weight excluding hydrogens is 543 g/mol. The first-order valence-electron chi connectivity index (χ1n) is 13.9. The second-order valence-electron chi connectivity index (χ2n) is 10.5. The van der Waals surface area contributed by atoms with Gasteiger partial charge in [0.2, 0.25) is 15.9 Å². The molecule has 0 aliphatic rings. The standard InChI is InChI=1S/C31H41FN4O4S/c1-24(2)20-36(41(39,40)29-17-15-26(33)16-18-29)28(23-37)13-8-9-19-34-31(38)22-35(27-11-4-3-5-12-27)21-25-10-6-7-14-30(25)32/h3-7,10-12,14-18,24,28,37H,8-9,13,19-23,33H2,1-2H3,(H,34,38)/t28-/m0/s1. The van der Waals surface area contributed by atoms with Crippen LogP contribution in [-0.2, 0) is 21.4 Å². The average molecular weight is 585 g/mol. The van der Waals surface area contributed by atoms with Gasteiger partial charge >= 0.3 is 0 Å². The molecule has 1 amide bonds. The number of aliphatic hydroxyl groups is 1. The van der Waals surface area contributed by atoms with Crippen LogP contribution in [0.25, 0.3) is 0 Å². The molecule has 3 aromatic carbocycles. The van der Waals surface area contributed by atoms with Crippen LogP contribution in [0.4, 0.5) is 15.8 Å². The van der Waals surface area contributed by atoms with E-state index < -0.39 is 16.1 Å². The first-order chi connectivity index (χ1) is 19.6. The Morgan fingerprint density at radius 3 is 2.27 bits per heavy atom. The Morgan fingerprint density at radius 1 is 0.976 bits per heavy atom. The van der Waals surface area contributed by atoms with Crippen molar-refractivity contribution < 1.29 is 22.7 Å².